The van der Waals surface area contributed by atoms with Crippen LogP contribution in [0.4, 0.5) is 0 Å². The van der Waals surface area contributed by atoms with Crippen molar-refractivity contribution >= 4 is 18.3 Å². The molecule has 106 valence electrons. The summed E-state index contributed by atoms with van der Waals surface area (Å²) in [6.07, 6.45) is 4.49. The van der Waals surface area contributed by atoms with Crippen molar-refractivity contribution in [2.45, 2.75) is 38.6 Å². The van der Waals surface area contributed by atoms with Gasteiger partial charge in [-0.3, -0.25) is 4.79 Å². The van der Waals surface area contributed by atoms with Crippen LogP contribution in [-0.4, -0.2) is 49.7 Å². The summed E-state index contributed by atoms with van der Waals surface area (Å²) in [5.41, 5.74) is 0. The SMILES string of the molecule is CCOCC1CCN(C(=O)C2CCCCN2)C1.Cl. The van der Waals surface area contributed by atoms with Gasteiger partial charge in [0.1, 0.15) is 0 Å². The van der Waals surface area contributed by atoms with Crippen molar-refractivity contribution in [1.82, 2.24) is 10.2 Å². The molecule has 4 nitrogen and oxygen atoms in total. The van der Waals surface area contributed by atoms with E-state index in [1.54, 1.807) is 0 Å². The largest absolute Gasteiger partial charge is 0.381 e. The van der Waals surface area contributed by atoms with Crippen molar-refractivity contribution in [3.63, 3.8) is 0 Å². The van der Waals surface area contributed by atoms with Crippen LogP contribution in [0.15, 0.2) is 0 Å². The van der Waals surface area contributed by atoms with Crippen molar-refractivity contribution in [1.29, 1.82) is 0 Å². The summed E-state index contributed by atoms with van der Waals surface area (Å²) in [4.78, 5) is 14.3. The van der Waals surface area contributed by atoms with Crippen LogP contribution in [0.25, 0.3) is 0 Å². The second-order valence-corrected chi connectivity index (χ2v) is 5.10. The van der Waals surface area contributed by atoms with Gasteiger partial charge in [0.05, 0.1) is 12.6 Å². The first-order chi connectivity index (χ1) is 8.31. The maximum Gasteiger partial charge on any atom is 0.239 e. The monoisotopic (exact) mass is 276 g/mol. The Morgan fingerprint density at radius 1 is 1.39 bits per heavy atom. The van der Waals surface area contributed by atoms with E-state index in [0.717, 1.165) is 45.7 Å². The summed E-state index contributed by atoms with van der Waals surface area (Å²) in [7, 11) is 0. The quantitative estimate of drug-likeness (QED) is 0.845. The molecule has 0 aromatic rings. The highest BCUT2D eigenvalue weighted by Gasteiger charge is 2.31. The molecule has 2 aliphatic rings. The van der Waals surface area contributed by atoms with Crippen molar-refractivity contribution in [2.24, 2.45) is 5.92 Å². The molecule has 2 unspecified atom stereocenters. The molecule has 0 radical (unpaired) electrons. The predicted octanol–water partition coefficient (Wildman–Crippen LogP) is 1.44. The highest BCUT2D eigenvalue weighted by Crippen LogP contribution is 2.19. The lowest BCUT2D eigenvalue weighted by molar-refractivity contribution is -0.133. The number of nitrogens with zero attached hydrogens (tertiary/aromatic N) is 1. The Balaban J connectivity index is 0.00000162. The summed E-state index contributed by atoms with van der Waals surface area (Å²) in [5, 5.41) is 3.33. The average Bonchev–Trinajstić information content (AvgIpc) is 2.85. The van der Waals surface area contributed by atoms with Crippen LogP contribution in [0.3, 0.4) is 0 Å². The number of rotatable bonds is 4. The van der Waals surface area contributed by atoms with E-state index in [9.17, 15) is 4.79 Å². The molecule has 2 fully saturated rings. The van der Waals surface area contributed by atoms with Gasteiger partial charge in [0.25, 0.3) is 0 Å². The lowest BCUT2D eigenvalue weighted by Gasteiger charge is -2.27. The normalized spacial score (nSPS) is 27.9. The third kappa shape index (κ3) is 4.11. The van der Waals surface area contributed by atoms with Gasteiger partial charge in [0, 0.05) is 25.6 Å². The Bertz CT molecular complexity index is 257. The summed E-state index contributed by atoms with van der Waals surface area (Å²) >= 11 is 0. The van der Waals surface area contributed by atoms with Gasteiger partial charge in [-0.05, 0) is 32.7 Å². The third-order valence-electron chi connectivity index (χ3n) is 3.76. The highest BCUT2D eigenvalue weighted by molar-refractivity contribution is 5.85. The van der Waals surface area contributed by atoms with Crippen molar-refractivity contribution < 1.29 is 9.53 Å². The molecule has 2 rings (SSSR count). The van der Waals surface area contributed by atoms with Crippen molar-refractivity contribution in [3.05, 3.63) is 0 Å². The van der Waals surface area contributed by atoms with Crippen LogP contribution in [0.5, 0.6) is 0 Å². The van der Waals surface area contributed by atoms with Crippen molar-refractivity contribution in [3.8, 4) is 0 Å². The zero-order chi connectivity index (χ0) is 12.1. The zero-order valence-electron chi connectivity index (χ0n) is 11.2. The van der Waals surface area contributed by atoms with Crippen LogP contribution in [0.2, 0.25) is 0 Å². The molecule has 2 heterocycles. The smallest absolute Gasteiger partial charge is 0.239 e. The van der Waals surface area contributed by atoms with Crippen LogP contribution < -0.4 is 5.32 Å². The molecule has 0 aromatic heterocycles. The molecule has 5 heteroatoms. The molecule has 0 bridgehead atoms. The van der Waals surface area contributed by atoms with E-state index in [4.69, 9.17) is 4.74 Å². The third-order valence-corrected chi connectivity index (χ3v) is 3.76. The van der Waals surface area contributed by atoms with E-state index in [0.29, 0.717) is 11.8 Å². The summed E-state index contributed by atoms with van der Waals surface area (Å²) < 4.78 is 5.44. The number of carbonyl (C=O) groups is 1. The molecular weight excluding hydrogens is 252 g/mol. The fraction of sp³-hybridized carbons (Fsp3) is 0.923. The minimum atomic E-state index is 0. The molecule has 2 aliphatic heterocycles. The van der Waals surface area contributed by atoms with E-state index in [1.807, 2.05) is 11.8 Å². The van der Waals surface area contributed by atoms with Crippen LogP contribution in [0.1, 0.15) is 32.6 Å². The summed E-state index contributed by atoms with van der Waals surface area (Å²) in [5.74, 6) is 0.853. The standard InChI is InChI=1S/C13H24N2O2.ClH/c1-2-17-10-11-6-8-15(9-11)13(16)12-5-3-4-7-14-12;/h11-12,14H,2-10H2,1H3;1H. The number of hydrogen-bond acceptors (Lipinski definition) is 3. The average molecular weight is 277 g/mol. The Morgan fingerprint density at radius 3 is 2.89 bits per heavy atom. The zero-order valence-corrected chi connectivity index (χ0v) is 12.0. The fourth-order valence-electron chi connectivity index (χ4n) is 2.74. The summed E-state index contributed by atoms with van der Waals surface area (Å²) in [6, 6.07) is 0.0783. The van der Waals surface area contributed by atoms with E-state index < -0.39 is 0 Å². The Hall–Kier alpha value is -0.320. The molecule has 1 N–H and O–H groups in total. The van der Waals surface area contributed by atoms with Gasteiger partial charge in [-0.25, -0.2) is 0 Å². The number of nitrogens with one attached hydrogen (secondary N) is 1. The Morgan fingerprint density at radius 2 is 2.22 bits per heavy atom. The second-order valence-electron chi connectivity index (χ2n) is 5.10. The van der Waals surface area contributed by atoms with Crippen LogP contribution in [0, 0.1) is 5.92 Å². The van der Waals surface area contributed by atoms with Gasteiger partial charge in [0.2, 0.25) is 5.91 Å². The molecule has 2 saturated heterocycles. The molecule has 0 aliphatic carbocycles. The number of likely N-dealkylation sites (tertiary alicyclic amines) is 1. The maximum atomic E-state index is 12.2. The van der Waals surface area contributed by atoms with Crippen molar-refractivity contribution in [2.75, 3.05) is 32.8 Å². The topological polar surface area (TPSA) is 41.6 Å². The summed E-state index contributed by atoms with van der Waals surface area (Å²) in [6.45, 7) is 6.38. The number of carbonyl (C=O) groups excluding carboxylic acids is 1. The van der Waals surface area contributed by atoms with E-state index in [1.165, 1.54) is 12.8 Å². The predicted molar refractivity (Wildman–Crippen MR) is 74.1 cm³/mol. The number of amides is 1. The molecule has 18 heavy (non-hydrogen) atoms. The van der Waals surface area contributed by atoms with Gasteiger partial charge in [0.15, 0.2) is 0 Å². The molecular formula is C13H25ClN2O2. The number of hydrogen-bond donors (Lipinski definition) is 1. The van der Waals surface area contributed by atoms with E-state index in [2.05, 4.69) is 5.32 Å². The maximum absolute atomic E-state index is 12.2. The highest BCUT2D eigenvalue weighted by atomic mass is 35.5. The Kier molecular flexibility index (Phi) is 6.97. The Labute approximate surface area is 116 Å². The van der Waals surface area contributed by atoms with E-state index >= 15 is 0 Å². The van der Waals surface area contributed by atoms with Gasteiger partial charge >= 0.3 is 0 Å². The first-order valence-electron chi connectivity index (χ1n) is 6.91. The molecule has 0 saturated carbocycles. The minimum Gasteiger partial charge on any atom is -0.381 e. The van der Waals surface area contributed by atoms with Crippen LogP contribution >= 0.6 is 12.4 Å². The fourth-order valence-corrected chi connectivity index (χ4v) is 2.74. The molecule has 0 aromatic carbocycles. The molecule has 1 amide bonds. The van der Waals surface area contributed by atoms with Gasteiger partial charge in [-0.1, -0.05) is 6.42 Å². The molecule has 2 atom stereocenters. The van der Waals surface area contributed by atoms with Gasteiger partial charge < -0.3 is 15.0 Å². The number of ether oxygens (including phenoxy) is 1. The lowest BCUT2D eigenvalue weighted by atomic mass is 10.0. The number of piperidine rings is 1. The second kappa shape index (κ2) is 7.97. The van der Waals surface area contributed by atoms with E-state index in [-0.39, 0.29) is 18.4 Å². The first kappa shape index (κ1) is 15.7. The minimum absolute atomic E-state index is 0. The number of halogens is 1. The lowest BCUT2D eigenvalue weighted by Crippen LogP contribution is -2.47. The van der Waals surface area contributed by atoms with Gasteiger partial charge in [-0.15, -0.1) is 12.4 Å². The first-order valence-corrected chi connectivity index (χ1v) is 6.91. The van der Waals surface area contributed by atoms with Gasteiger partial charge in [-0.2, -0.15) is 0 Å². The van der Waals surface area contributed by atoms with Crippen LogP contribution in [-0.2, 0) is 9.53 Å². The molecule has 0 spiro atoms.